The second-order valence-corrected chi connectivity index (χ2v) is 6.94. The molecule has 2 fully saturated rings. The van der Waals surface area contributed by atoms with Crippen molar-refractivity contribution < 1.29 is 9.53 Å². The largest absolute Gasteiger partial charge is 0.378 e. The number of aromatic nitrogens is 1. The lowest BCUT2D eigenvalue weighted by Crippen LogP contribution is -2.41. The summed E-state index contributed by atoms with van der Waals surface area (Å²) in [5.41, 5.74) is 1.06. The van der Waals surface area contributed by atoms with Crippen molar-refractivity contribution in [1.29, 1.82) is 0 Å². The van der Waals surface area contributed by atoms with Gasteiger partial charge < -0.3 is 20.3 Å². The maximum absolute atomic E-state index is 12.2. The number of halogens is 2. The Morgan fingerprint density at radius 2 is 2.20 bits per heavy atom. The minimum atomic E-state index is 0. The summed E-state index contributed by atoms with van der Waals surface area (Å²) in [5.74, 6) is 3.21. The van der Waals surface area contributed by atoms with Crippen molar-refractivity contribution in [2.24, 2.45) is 0 Å². The van der Waals surface area contributed by atoms with Gasteiger partial charge in [0.15, 0.2) is 0 Å². The number of hydrogen-bond donors (Lipinski definition) is 2. The van der Waals surface area contributed by atoms with Crippen LogP contribution in [0.25, 0.3) is 0 Å². The van der Waals surface area contributed by atoms with Crippen LogP contribution < -0.4 is 15.5 Å². The number of pyridine rings is 1. The summed E-state index contributed by atoms with van der Waals surface area (Å²) in [6.07, 6.45) is 2.35. The van der Waals surface area contributed by atoms with Crippen LogP contribution in [0.4, 0.5) is 5.82 Å². The number of nitrogens with zero attached hydrogens (tertiary/aromatic N) is 2. The topological polar surface area (TPSA) is 66.5 Å². The Hall–Kier alpha value is -0.730. The van der Waals surface area contributed by atoms with Gasteiger partial charge in [-0.15, -0.1) is 24.8 Å². The van der Waals surface area contributed by atoms with Gasteiger partial charge in [0, 0.05) is 61.9 Å². The van der Waals surface area contributed by atoms with Gasteiger partial charge in [-0.3, -0.25) is 4.79 Å². The predicted octanol–water partition coefficient (Wildman–Crippen LogP) is 1.47. The summed E-state index contributed by atoms with van der Waals surface area (Å²) in [6.45, 7) is 4.68. The zero-order chi connectivity index (χ0) is 15.9. The smallest absolute Gasteiger partial charge is 0.221 e. The standard InChI is InChI=1S/C16H24N4O2S.2ClH/c21-15(10-14-12-23-9-4-17-14)19-11-13-2-1-3-18-16(13)20-5-7-22-8-6-20;;/h1-3,14,17H,4-12H2,(H,19,21);2*1H. The lowest BCUT2D eigenvalue weighted by atomic mass is 10.2. The highest BCUT2D eigenvalue weighted by molar-refractivity contribution is 7.99. The Morgan fingerprint density at radius 3 is 2.92 bits per heavy atom. The molecule has 1 aromatic rings. The van der Waals surface area contributed by atoms with Crippen molar-refractivity contribution >= 4 is 48.3 Å². The van der Waals surface area contributed by atoms with E-state index in [1.807, 2.05) is 23.9 Å². The molecular weight excluding hydrogens is 383 g/mol. The van der Waals surface area contributed by atoms with Crippen molar-refractivity contribution in [3.05, 3.63) is 23.9 Å². The quantitative estimate of drug-likeness (QED) is 0.768. The van der Waals surface area contributed by atoms with Crippen LogP contribution in [0.1, 0.15) is 12.0 Å². The average molecular weight is 409 g/mol. The average Bonchev–Trinajstić information content (AvgIpc) is 2.62. The Morgan fingerprint density at radius 1 is 1.40 bits per heavy atom. The van der Waals surface area contributed by atoms with Crippen molar-refractivity contribution in [2.45, 2.75) is 19.0 Å². The van der Waals surface area contributed by atoms with Crippen LogP contribution in [0, 0.1) is 0 Å². The number of thioether (sulfide) groups is 1. The third kappa shape index (κ3) is 6.83. The molecule has 2 aliphatic rings. The van der Waals surface area contributed by atoms with Crippen LogP contribution in [0.3, 0.4) is 0 Å². The zero-order valence-electron chi connectivity index (χ0n) is 14.1. The van der Waals surface area contributed by atoms with Crippen LogP contribution in [-0.4, -0.2) is 61.3 Å². The Balaban J connectivity index is 0.00000156. The van der Waals surface area contributed by atoms with Crippen LogP contribution >= 0.6 is 36.6 Å². The van der Waals surface area contributed by atoms with E-state index in [1.165, 1.54) is 0 Å². The Bertz CT molecular complexity index is 527. The number of morpholine rings is 1. The zero-order valence-corrected chi connectivity index (χ0v) is 16.6. The Labute approximate surface area is 165 Å². The van der Waals surface area contributed by atoms with Gasteiger partial charge >= 0.3 is 0 Å². The maximum atomic E-state index is 12.2. The van der Waals surface area contributed by atoms with Gasteiger partial charge in [0.1, 0.15) is 5.82 Å². The highest BCUT2D eigenvalue weighted by Crippen LogP contribution is 2.18. The summed E-state index contributed by atoms with van der Waals surface area (Å²) in [5, 5.41) is 6.43. The number of rotatable bonds is 5. The SMILES string of the molecule is Cl.Cl.O=C(CC1CSCCN1)NCc1cccnc1N1CCOCC1. The summed E-state index contributed by atoms with van der Waals surface area (Å²) in [4.78, 5) is 18.9. The predicted molar refractivity (Wildman–Crippen MR) is 107 cm³/mol. The highest BCUT2D eigenvalue weighted by atomic mass is 35.5. The minimum Gasteiger partial charge on any atom is -0.378 e. The third-order valence-electron chi connectivity index (χ3n) is 4.08. The molecule has 2 N–H and O–H groups in total. The second-order valence-electron chi connectivity index (χ2n) is 5.79. The molecule has 142 valence electrons. The van der Waals surface area contributed by atoms with E-state index in [-0.39, 0.29) is 30.7 Å². The monoisotopic (exact) mass is 408 g/mol. The highest BCUT2D eigenvalue weighted by Gasteiger charge is 2.18. The number of ether oxygens (including phenoxy) is 1. The third-order valence-corrected chi connectivity index (χ3v) is 5.22. The van der Waals surface area contributed by atoms with E-state index < -0.39 is 0 Å². The molecule has 0 bridgehead atoms. The lowest BCUT2D eigenvalue weighted by molar-refractivity contribution is -0.121. The molecule has 0 aromatic carbocycles. The molecule has 1 atom stereocenters. The molecule has 0 spiro atoms. The molecule has 3 rings (SSSR count). The van der Waals surface area contributed by atoms with Gasteiger partial charge in [-0.05, 0) is 6.07 Å². The van der Waals surface area contributed by atoms with Crippen LogP contribution in [0.2, 0.25) is 0 Å². The normalized spacial score (nSPS) is 20.2. The molecule has 3 heterocycles. The molecule has 2 saturated heterocycles. The van der Waals surface area contributed by atoms with Crippen molar-refractivity contribution in [2.75, 3.05) is 49.3 Å². The van der Waals surface area contributed by atoms with Crippen LogP contribution in [0.15, 0.2) is 18.3 Å². The first-order chi connectivity index (χ1) is 11.3. The van der Waals surface area contributed by atoms with Gasteiger partial charge in [-0.1, -0.05) is 6.07 Å². The van der Waals surface area contributed by atoms with Gasteiger partial charge in [0.05, 0.1) is 13.2 Å². The summed E-state index contributed by atoms with van der Waals surface area (Å²) in [6, 6.07) is 4.25. The first kappa shape index (κ1) is 22.3. The number of carbonyl (C=O) groups is 1. The second kappa shape index (κ2) is 11.8. The fourth-order valence-corrected chi connectivity index (χ4v) is 3.82. The molecule has 0 aliphatic carbocycles. The van der Waals surface area contributed by atoms with E-state index in [4.69, 9.17) is 4.74 Å². The number of anilines is 1. The van der Waals surface area contributed by atoms with E-state index in [9.17, 15) is 4.79 Å². The fraction of sp³-hybridized carbons (Fsp3) is 0.625. The molecule has 1 amide bonds. The van der Waals surface area contributed by atoms with Gasteiger partial charge in [-0.2, -0.15) is 11.8 Å². The summed E-state index contributed by atoms with van der Waals surface area (Å²) < 4.78 is 5.40. The Kier molecular flexibility index (Phi) is 10.5. The van der Waals surface area contributed by atoms with Gasteiger partial charge in [-0.25, -0.2) is 4.98 Å². The minimum absolute atomic E-state index is 0. The summed E-state index contributed by atoms with van der Waals surface area (Å²) in [7, 11) is 0. The summed E-state index contributed by atoms with van der Waals surface area (Å²) >= 11 is 1.91. The van der Waals surface area contributed by atoms with Crippen molar-refractivity contribution in [3.63, 3.8) is 0 Å². The fourth-order valence-electron chi connectivity index (χ4n) is 2.87. The van der Waals surface area contributed by atoms with E-state index in [0.717, 1.165) is 55.7 Å². The molecule has 25 heavy (non-hydrogen) atoms. The van der Waals surface area contributed by atoms with E-state index >= 15 is 0 Å². The van der Waals surface area contributed by atoms with Crippen molar-refractivity contribution in [1.82, 2.24) is 15.6 Å². The number of carbonyl (C=O) groups excluding carboxylic acids is 1. The van der Waals surface area contributed by atoms with Gasteiger partial charge in [0.2, 0.25) is 5.91 Å². The molecule has 6 nitrogen and oxygen atoms in total. The lowest BCUT2D eigenvalue weighted by Gasteiger charge is -2.29. The first-order valence-electron chi connectivity index (χ1n) is 8.17. The molecule has 2 aliphatic heterocycles. The van der Waals surface area contributed by atoms with Gasteiger partial charge in [0.25, 0.3) is 0 Å². The van der Waals surface area contributed by atoms with Crippen molar-refractivity contribution in [3.8, 4) is 0 Å². The molecular formula is C16H26Cl2N4O2S. The number of hydrogen-bond acceptors (Lipinski definition) is 6. The van der Waals surface area contributed by atoms with E-state index in [1.54, 1.807) is 6.20 Å². The molecule has 1 aromatic heterocycles. The molecule has 0 saturated carbocycles. The first-order valence-corrected chi connectivity index (χ1v) is 9.33. The van der Waals surface area contributed by atoms with E-state index in [2.05, 4.69) is 20.5 Å². The van der Waals surface area contributed by atoms with Crippen LogP contribution in [-0.2, 0) is 16.1 Å². The number of amides is 1. The van der Waals surface area contributed by atoms with E-state index in [0.29, 0.717) is 19.0 Å². The maximum Gasteiger partial charge on any atom is 0.221 e. The number of nitrogens with one attached hydrogen (secondary N) is 2. The molecule has 0 radical (unpaired) electrons. The van der Waals surface area contributed by atoms with Crippen LogP contribution in [0.5, 0.6) is 0 Å². The molecule has 1 unspecified atom stereocenters. The molecule has 9 heteroatoms.